The Kier molecular flexibility index (Phi) is 5.06. The fraction of sp³-hybridized carbons (Fsp3) is 0.118. The maximum absolute atomic E-state index is 12.0. The summed E-state index contributed by atoms with van der Waals surface area (Å²) >= 11 is 1.20. The summed E-state index contributed by atoms with van der Waals surface area (Å²) in [6, 6.07) is 15.3. The quantitative estimate of drug-likeness (QED) is 0.558. The fourth-order valence-electron chi connectivity index (χ4n) is 2.09. The number of nitrogens with one attached hydrogen (secondary N) is 1. The van der Waals surface area contributed by atoms with Gasteiger partial charge in [-0.3, -0.25) is 14.6 Å². The second kappa shape index (κ2) is 7.59. The van der Waals surface area contributed by atoms with Crippen LogP contribution in [-0.2, 0) is 11.8 Å². The van der Waals surface area contributed by atoms with Gasteiger partial charge in [-0.25, -0.2) is 4.98 Å². The van der Waals surface area contributed by atoms with Crippen LogP contribution < -0.4 is 10.00 Å². The number of carbonyl (C=O) groups excluding carboxylic acids is 1. The number of thioether (sulfide) groups is 1. The summed E-state index contributed by atoms with van der Waals surface area (Å²) in [6.45, 7) is 0. The molecule has 0 aliphatic carbocycles. The highest BCUT2D eigenvalue weighted by molar-refractivity contribution is 8.00. The molecule has 7 nitrogen and oxygen atoms in total. The van der Waals surface area contributed by atoms with Gasteiger partial charge in [-0.1, -0.05) is 46.8 Å². The molecule has 1 N–H and O–H groups in total. The highest BCUT2D eigenvalue weighted by Crippen LogP contribution is 2.25. The largest absolute Gasteiger partial charge is 0.302 e. The van der Waals surface area contributed by atoms with E-state index in [4.69, 9.17) is 4.52 Å². The minimum Gasteiger partial charge on any atom is -0.288 e. The van der Waals surface area contributed by atoms with E-state index in [1.807, 2.05) is 30.3 Å². The number of rotatable bonds is 5. The summed E-state index contributed by atoms with van der Waals surface area (Å²) in [5.74, 6) is 0.0989. The molecule has 2 heterocycles. The number of amides is 1. The predicted octanol–water partition coefficient (Wildman–Crippen LogP) is 2.16. The molecule has 3 aromatic rings. The summed E-state index contributed by atoms with van der Waals surface area (Å²) < 4.78 is 6.36. The number of hydrogen-bond acceptors (Lipinski definition) is 6. The van der Waals surface area contributed by atoms with E-state index < -0.39 is 0 Å². The zero-order valence-electron chi connectivity index (χ0n) is 13.3. The highest BCUT2D eigenvalue weighted by atomic mass is 32.2. The molecule has 0 saturated carbocycles. The van der Waals surface area contributed by atoms with Gasteiger partial charge in [-0.15, -0.1) is 0 Å². The number of benzene rings is 1. The lowest BCUT2D eigenvalue weighted by Crippen LogP contribution is -2.28. The summed E-state index contributed by atoms with van der Waals surface area (Å²) in [6.07, 6.45) is 1.55. The number of hydrogen-bond donors (Lipinski definition) is 1. The van der Waals surface area contributed by atoms with Crippen molar-refractivity contribution in [3.63, 3.8) is 0 Å². The van der Waals surface area contributed by atoms with Crippen LogP contribution in [-0.4, -0.2) is 21.9 Å². The standard InChI is InChI=1S/C17H13N5O2S/c1-22-10-16(24-21-22)20-15(23)11-25-17-13(9-18)7-8-14(19-17)12-5-3-2-4-6-12/h2-8,10H,11H2,1H3/p+1. The Morgan fingerprint density at radius 3 is 2.80 bits per heavy atom. The summed E-state index contributed by atoms with van der Waals surface area (Å²) in [4.78, 5) is 16.5. The zero-order chi connectivity index (χ0) is 17.6. The minimum atomic E-state index is -0.266. The average Bonchev–Trinajstić information content (AvgIpc) is 3.05. The molecule has 0 aliphatic heterocycles. The van der Waals surface area contributed by atoms with E-state index in [9.17, 15) is 10.1 Å². The first-order valence-electron chi connectivity index (χ1n) is 7.37. The molecule has 0 atom stereocenters. The van der Waals surface area contributed by atoms with E-state index in [0.717, 1.165) is 11.3 Å². The van der Waals surface area contributed by atoms with Gasteiger partial charge in [-0.05, 0) is 12.1 Å². The van der Waals surface area contributed by atoms with Gasteiger partial charge in [-0.2, -0.15) is 5.26 Å². The van der Waals surface area contributed by atoms with Crippen molar-refractivity contribution in [1.82, 2.24) is 10.3 Å². The van der Waals surface area contributed by atoms with Gasteiger partial charge in [0.25, 0.3) is 6.20 Å². The van der Waals surface area contributed by atoms with E-state index in [-0.39, 0.29) is 17.5 Å². The second-order valence-electron chi connectivity index (χ2n) is 5.10. The molecule has 1 amide bonds. The molecule has 25 heavy (non-hydrogen) atoms. The Bertz CT molecular complexity index is 934. The molecule has 0 spiro atoms. The molecule has 124 valence electrons. The third-order valence-corrected chi connectivity index (χ3v) is 4.22. The van der Waals surface area contributed by atoms with Crippen LogP contribution in [0.25, 0.3) is 11.3 Å². The lowest BCUT2D eigenvalue weighted by molar-refractivity contribution is -0.739. The van der Waals surface area contributed by atoms with Crippen molar-refractivity contribution in [2.75, 3.05) is 11.1 Å². The van der Waals surface area contributed by atoms with E-state index in [2.05, 4.69) is 21.6 Å². The number of aryl methyl sites for hydroxylation is 1. The monoisotopic (exact) mass is 352 g/mol. The summed E-state index contributed by atoms with van der Waals surface area (Å²) in [7, 11) is 1.69. The van der Waals surface area contributed by atoms with Crippen molar-refractivity contribution >= 4 is 23.6 Å². The van der Waals surface area contributed by atoms with Crippen molar-refractivity contribution in [2.45, 2.75) is 5.03 Å². The number of pyridine rings is 1. The average molecular weight is 352 g/mol. The number of anilines is 1. The number of aromatic nitrogens is 3. The Morgan fingerprint density at radius 2 is 2.12 bits per heavy atom. The lowest BCUT2D eigenvalue weighted by atomic mass is 10.1. The SMILES string of the molecule is C[n+]1cc(NC(=O)CSc2nc(-c3ccccc3)ccc2C#N)on1. The van der Waals surface area contributed by atoms with E-state index in [0.29, 0.717) is 10.6 Å². The van der Waals surface area contributed by atoms with Gasteiger partial charge in [0.2, 0.25) is 5.91 Å². The molecular formula is C17H14N5O2S+. The number of carbonyl (C=O) groups is 1. The summed E-state index contributed by atoms with van der Waals surface area (Å²) in [5.41, 5.74) is 2.14. The predicted molar refractivity (Wildman–Crippen MR) is 91.4 cm³/mol. The maximum Gasteiger partial charge on any atom is 0.302 e. The third-order valence-electron chi connectivity index (χ3n) is 3.22. The van der Waals surface area contributed by atoms with E-state index in [1.165, 1.54) is 16.4 Å². The molecule has 8 heteroatoms. The Labute approximate surface area is 148 Å². The van der Waals surface area contributed by atoms with Crippen LogP contribution in [0, 0.1) is 11.3 Å². The molecule has 0 radical (unpaired) electrons. The van der Waals surface area contributed by atoms with Crippen molar-refractivity contribution < 1.29 is 14.0 Å². The van der Waals surface area contributed by atoms with Gasteiger partial charge in [0, 0.05) is 5.56 Å². The van der Waals surface area contributed by atoms with Crippen LogP contribution in [0.1, 0.15) is 5.56 Å². The van der Waals surface area contributed by atoms with Gasteiger partial charge in [0.15, 0.2) is 12.3 Å². The molecule has 0 unspecified atom stereocenters. The van der Waals surface area contributed by atoms with Crippen LogP contribution in [0.2, 0.25) is 0 Å². The Balaban J connectivity index is 1.72. The molecular weight excluding hydrogens is 338 g/mol. The lowest BCUT2D eigenvalue weighted by Gasteiger charge is -2.06. The molecule has 3 rings (SSSR count). The normalized spacial score (nSPS) is 10.2. The van der Waals surface area contributed by atoms with Crippen molar-refractivity contribution in [3.8, 4) is 17.3 Å². The summed E-state index contributed by atoms with van der Waals surface area (Å²) in [5, 5.41) is 16.0. The smallest absolute Gasteiger partial charge is 0.288 e. The highest BCUT2D eigenvalue weighted by Gasteiger charge is 2.13. The number of nitriles is 1. The first kappa shape index (κ1) is 16.7. The molecule has 2 aromatic heterocycles. The minimum absolute atomic E-state index is 0.102. The Hall–Kier alpha value is -3.18. The fourth-order valence-corrected chi connectivity index (χ4v) is 2.87. The van der Waals surface area contributed by atoms with E-state index in [1.54, 1.807) is 25.4 Å². The molecule has 0 saturated heterocycles. The number of nitrogens with zero attached hydrogens (tertiary/aromatic N) is 4. The van der Waals surface area contributed by atoms with Gasteiger partial charge < -0.3 is 0 Å². The van der Waals surface area contributed by atoms with Crippen LogP contribution in [0.3, 0.4) is 0 Å². The van der Waals surface area contributed by atoms with Gasteiger partial charge >= 0.3 is 5.88 Å². The van der Waals surface area contributed by atoms with Gasteiger partial charge in [0.05, 0.1) is 17.0 Å². The van der Waals surface area contributed by atoms with Crippen molar-refractivity contribution in [2.24, 2.45) is 7.05 Å². The van der Waals surface area contributed by atoms with E-state index >= 15 is 0 Å². The molecule has 0 bridgehead atoms. The van der Waals surface area contributed by atoms with Crippen LogP contribution in [0.15, 0.2) is 58.2 Å². The second-order valence-corrected chi connectivity index (χ2v) is 6.07. The topological polar surface area (TPSA) is 95.7 Å². The van der Waals surface area contributed by atoms with Gasteiger partial charge in [0.1, 0.15) is 11.1 Å². The molecule has 0 fully saturated rings. The molecule has 1 aromatic carbocycles. The third kappa shape index (κ3) is 4.22. The van der Waals surface area contributed by atoms with Crippen molar-refractivity contribution in [1.29, 1.82) is 5.26 Å². The van der Waals surface area contributed by atoms with Crippen LogP contribution in [0.4, 0.5) is 5.88 Å². The maximum atomic E-state index is 12.0. The first-order chi connectivity index (χ1) is 12.2. The van der Waals surface area contributed by atoms with Crippen molar-refractivity contribution in [3.05, 3.63) is 54.2 Å². The van der Waals surface area contributed by atoms with Crippen LogP contribution in [0.5, 0.6) is 0 Å². The first-order valence-corrected chi connectivity index (χ1v) is 8.36. The molecule has 0 aliphatic rings. The van der Waals surface area contributed by atoms with Crippen LogP contribution >= 0.6 is 11.8 Å². The Morgan fingerprint density at radius 1 is 1.32 bits per heavy atom. The zero-order valence-corrected chi connectivity index (χ0v) is 14.2.